The van der Waals surface area contributed by atoms with Crippen molar-refractivity contribution in [3.8, 4) is 0 Å². The number of carbonyl (C=O) groups is 2. The predicted octanol–water partition coefficient (Wildman–Crippen LogP) is 6.41. The van der Waals surface area contributed by atoms with E-state index in [2.05, 4.69) is 22.8 Å². The first-order valence-electron chi connectivity index (χ1n) is 11.6. The summed E-state index contributed by atoms with van der Waals surface area (Å²) >= 11 is 0. The number of hydrogen-bond donors (Lipinski definition) is 1. The third kappa shape index (κ3) is 3.48. The summed E-state index contributed by atoms with van der Waals surface area (Å²) in [5.41, 5.74) is 6.99. The fourth-order valence-corrected chi connectivity index (χ4v) is 5.66. The molecule has 4 nitrogen and oxygen atoms in total. The summed E-state index contributed by atoms with van der Waals surface area (Å²) in [4.78, 5) is 24.3. The highest BCUT2D eigenvalue weighted by Gasteiger charge is 2.31. The molecule has 4 heteroatoms. The lowest BCUT2D eigenvalue weighted by atomic mass is 9.81. The van der Waals surface area contributed by atoms with E-state index in [0.29, 0.717) is 23.6 Å². The minimum absolute atomic E-state index is 0.0385. The standard InChI is InChI=1S/C27H29NO3/c1-17(29)19-12-13-23-24(15-19)28-16-21(27(30)31)14-20-10-6-3-7-11-22(20)26(28)25(23)18-8-4-2-5-9-18/h6,10,12-15,18H,2-5,7-9,11,16H2,1H3,(H,30,31). The number of carboxylic acid groups (broad SMARTS) is 1. The lowest BCUT2D eigenvalue weighted by Crippen LogP contribution is -2.12. The molecule has 0 atom stereocenters. The van der Waals surface area contributed by atoms with Gasteiger partial charge in [-0.25, -0.2) is 4.79 Å². The van der Waals surface area contributed by atoms with Crippen LogP contribution < -0.4 is 0 Å². The lowest BCUT2D eigenvalue weighted by molar-refractivity contribution is -0.132. The van der Waals surface area contributed by atoms with Crippen LogP contribution in [0.15, 0.2) is 47.6 Å². The topological polar surface area (TPSA) is 59.3 Å². The largest absolute Gasteiger partial charge is 0.478 e. The molecule has 2 heterocycles. The van der Waals surface area contributed by atoms with E-state index in [1.165, 1.54) is 54.3 Å². The van der Waals surface area contributed by atoms with Crippen LogP contribution in [-0.2, 0) is 11.3 Å². The van der Waals surface area contributed by atoms with Crippen molar-refractivity contribution in [1.29, 1.82) is 0 Å². The molecule has 5 rings (SSSR count). The molecule has 2 aromatic rings. The quantitative estimate of drug-likeness (QED) is 0.589. The van der Waals surface area contributed by atoms with Crippen molar-refractivity contribution < 1.29 is 14.7 Å². The number of allylic oxidation sites excluding steroid dienone is 5. The molecule has 0 saturated heterocycles. The molecule has 3 aliphatic rings. The number of fused-ring (bicyclic) bond motifs is 4. The Kier molecular flexibility index (Phi) is 5.17. The van der Waals surface area contributed by atoms with Crippen LogP contribution >= 0.6 is 0 Å². The molecule has 0 bridgehead atoms. The van der Waals surface area contributed by atoms with Gasteiger partial charge < -0.3 is 9.67 Å². The fourth-order valence-electron chi connectivity index (χ4n) is 5.66. The third-order valence-corrected chi connectivity index (χ3v) is 7.19. The number of carbonyl (C=O) groups excluding carboxylic acids is 1. The van der Waals surface area contributed by atoms with E-state index < -0.39 is 5.97 Å². The van der Waals surface area contributed by atoms with Crippen LogP contribution in [0.3, 0.4) is 0 Å². The van der Waals surface area contributed by atoms with Gasteiger partial charge in [-0.15, -0.1) is 0 Å². The van der Waals surface area contributed by atoms with Gasteiger partial charge >= 0.3 is 5.97 Å². The number of rotatable bonds is 3. The molecule has 1 fully saturated rings. The highest BCUT2D eigenvalue weighted by molar-refractivity contribution is 6.01. The van der Waals surface area contributed by atoms with E-state index in [0.717, 1.165) is 30.4 Å². The SMILES string of the molecule is CC(=O)c1ccc2c(C3CCCCC3)c3n(c2c1)CC(C(=O)O)=CC1=C3CCCC=C1. The van der Waals surface area contributed by atoms with Gasteiger partial charge in [0.2, 0.25) is 0 Å². The molecule has 0 radical (unpaired) electrons. The second kappa shape index (κ2) is 7.99. The first kappa shape index (κ1) is 20.0. The Morgan fingerprint density at radius 3 is 2.65 bits per heavy atom. The Bertz CT molecular complexity index is 1170. The molecular formula is C27H29NO3. The molecule has 1 saturated carbocycles. The van der Waals surface area contributed by atoms with Crippen LogP contribution in [0.5, 0.6) is 0 Å². The van der Waals surface area contributed by atoms with E-state index in [1.807, 2.05) is 18.2 Å². The summed E-state index contributed by atoms with van der Waals surface area (Å²) in [6.45, 7) is 1.92. The van der Waals surface area contributed by atoms with Crippen LogP contribution in [0.25, 0.3) is 16.5 Å². The van der Waals surface area contributed by atoms with E-state index in [-0.39, 0.29) is 5.78 Å². The molecule has 0 amide bonds. The van der Waals surface area contributed by atoms with Gasteiger partial charge in [-0.05, 0) is 73.8 Å². The molecule has 1 aromatic heterocycles. The van der Waals surface area contributed by atoms with Gasteiger partial charge in [0.25, 0.3) is 0 Å². The van der Waals surface area contributed by atoms with Crippen molar-refractivity contribution in [3.05, 3.63) is 64.4 Å². The minimum atomic E-state index is -0.874. The van der Waals surface area contributed by atoms with Crippen molar-refractivity contribution in [3.63, 3.8) is 0 Å². The van der Waals surface area contributed by atoms with E-state index in [9.17, 15) is 14.7 Å². The number of aliphatic carboxylic acids is 1. The number of nitrogens with zero attached hydrogens (tertiary/aromatic N) is 1. The number of ketones is 1. The third-order valence-electron chi connectivity index (χ3n) is 7.19. The van der Waals surface area contributed by atoms with Gasteiger partial charge in [0.1, 0.15) is 0 Å². The first-order chi connectivity index (χ1) is 15.0. The summed E-state index contributed by atoms with van der Waals surface area (Å²) in [5.74, 6) is -0.347. The average molecular weight is 416 g/mol. The summed E-state index contributed by atoms with van der Waals surface area (Å²) in [6.07, 6.45) is 15.3. The van der Waals surface area contributed by atoms with Crippen molar-refractivity contribution in [2.24, 2.45) is 0 Å². The normalized spacial score (nSPS) is 19.5. The van der Waals surface area contributed by atoms with Crippen LogP contribution in [0.2, 0.25) is 0 Å². The van der Waals surface area contributed by atoms with Crippen LogP contribution in [0.4, 0.5) is 0 Å². The highest BCUT2D eigenvalue weighted by Crippen LogP contribution is 2.46. The van der Waals surface area contributed by atoms with Crippen molar-refractivity contribution >= 4 is 28.2 Å². The smallest absolute Gasteiger partial charge is 0.333 e. The van der Waals surface area contributed by atoms with E-state index in [4.69, 9.17) is 0 Å². The summed E-state index contributed by atoms with van der Waals surface area (Å²) in [5, 5.41) is 11.1. The summed E-state index contributed by atoms with van der Waals surface area (Å²) < 4.78 is 2.20. The Hall–Kier alpha value is -2.88. The second-order valence-corrected chi connectivity index (χ2v) is 9.17. The van der Waals surface area contributed by atoms with Crippen LogP contribution in [-0.4, -0.2) is 21.4 Å². The molecule has 160 valence electrons. The minimum Gasteiger partial charge on any atom is -0.478 e. The molecule has 0 spiro atoms. The van der Waals surface area contributed by atoms with Crippen LogP contribution in [0, 0.1) is 0 Å². The zero-order chi connectivity index (χ0) is 21.5. The zero-order valence-corrected chi connectivity index (χ0v) is 18.1. The van der Waals surface area contributed by atoms with E-state index >= 15 is 0 Å². The molecule has 1 aliphatic heterocycles. The van der Waals surface area contributed by atoms with Gasteiger partial charge in [-0.2, -0.15) is 0 Å². The van der Waals surface area contributed by atoms with Gasteiger partial charge in [0.15, 0.2) is 5.78 Å². The number of Topliss-reactive ketones (excluding diaryl/α,β-unsaturated/α-hetero) is 1. The van der Waals surface area contributed by atoms with Gasteiger partial charge in [-0.1, -0.05) is 43.5 Å². The zero-order valence-electron chi connectivity index (χ0n) is 18.1. The number of benzene rings is 1. The highest BCUT2D eigenvalue weighted by atomic mass is 16.4. The van der Waals surface area contributed by atoms with Crippen molar-refractivity contribution in [2.45, 2.75) is 70.8 Å². The maximum absolute atomic E-state index is 12.1. The Balaban J connectivity index is 1.85. The molecule has 1 aromatic carbocycles. The first-order valence-corrected chi connectivity index (χ1v) is 11.6. The Labute approximate surface area is 182 Å². The Morgan fingerprint density at radius 1 is 1.10 bits per heavy atom. The Morgan fingerprint density at radius 2 is 1.90 bits per heavy atom. The molecule has 2 aliphatic carbocycles. The number of hydrogen-bond acceptors (Lipinski definition) is 2. The average Bonchev–Trinajstić information content (AvgIpc) is 2.89. The molecule has 31 heavy (non-hydrogen) atoms. The van der Waals surface area contributed by atoms with Crippen molar-refractivity contribution in [2.75, 3.05) is 0 Å². The molecule has 0 unspecified atom stereocenters. The maximum Gasteiger partial charge on any atom is 0.333 e. The number of aromatic nitrogens is 1. The lowest BCUT2D eigenvalue weighted by Gasteiger charge is -2.24. The fraction of sp³-hybridized carbons (Fsp3) is 0.407. The van der Waals surface area contributed by atoms with E-state index in [1.54, 1.807) is 6.92 Å². The second-order valence-electron chi connectivity index (χ2n) is 9.17. The van der Waals surface area contributed by atoms with Crippen molar-refractivity contribution in [1.82, 2.24) is 4.57 Å². The molecule has 1 N–H and O–H groups in total. The van der Waals surface area contributed by atoms with Gasteiger partial charge in [0, 0.05) is 22.2 Å². The monoisotopic (exact) mass is 415 g/mol. The molecular weight excluding hydrogens is 386 g/mol. The predicted molar refractivity (Wildman–Crippen MR) is 123 cm³/mol. The van der Waals surface area contributed by atoms with Crippen LogP contribution in [0.1, 0.15) is 85.8 Å². The van der Waals surface area contributed by atoms with Gasteiger partial charge in [-0.3, -0.25) is 4.79 Å². The van der Waals surface area contributed by atoms with Gasteiger partial charge in [0.05, 0.1) is 12.1 Å². The summed E-state index contributed by atoms with van der Waals surface area (Å²) in [6, 6.07) is 6.02. The summed E-state index contributed by atoms with van der Waals surface area (Å²) in [7, 11) is 0. The number of carboxylic acids is 1. The maximum atomic E-state index is 12.1.